The summed E-state index contributed by atoms with van der Waals surface area (Å²) < 4.78 is 43.8. The van der Waals surface area contributed by atoms with Gasteiger partial charge in [0.15, 0.2) is 0 Å². The Kier molecular flexibility index (Phi) is 5.29. The van der Waals surface area contributed by atoms with E-state index in [1.165, 1.54) is 4.90 Å². The topological polar surface area (TPSA) is 72.7 Å². The molecule has 0 fully saturated rings. The lowest BCUT2D eigenvalue weighted by atomic mass is 9.98. The van der Waals surface area contributed by atoms with Crippen LogP contribution >= 0.6 is 0 Å². The zero-order valence-corrected chi connectivity index (χ0v) is 14.6. The number of nitrogens with zero attached hydrogens (tertiary/aromatic N) is 2. The summed E-state index contributed by atoms with van der Waals surface area (Å²) in [6.45, 7) is 5.54. The van der Waals surface area contributed by atoms with Crippen LogP contribution in [0.3, 0.4) is 0 Å². The number of nitro groups is 1. The van der Waals surface area contributed by atoms with Crippen LogP contribution in [-0.4, -0.2) is 34.6 Å². The number of hydrogen-bond acceptors (Lipinski definition) is 4. The standard InChI is InChI=1S/C17H19F3N2O4/c1-16(2,3)26-15(23)21-8-4-5-11(10-21)13-7-6-12(17(18,19)20)9-14(13)22(24)25/h5-7,9H,4,8,10H2,1-3H3. The van der Waals surface area contributed by atoms with Crippen LogP contribution in [-0.2, 0) is 10.9 Å². The fraction of sp³-hybridized carbons (Fsp3) is 0.471. The zero-order chi connectivity index (χ0) is 19.7. The van der Waals surface area contributed by atoms with Gasteiger partial charge in [-0.3, -0.25) is 10.1 Å². The number of nitro benzene ring substituents is 1. The average Bonchev–Trinajstić information content (AvgIpc) is 2.52. The maximum atomic E-state index is 12.8. The van der Waals surface area contributed by atoms with Gasteiger partial charge in [-0.05, 0) is 44.9 Å². The summed E-state index contributed by atoms with van der Waals surface area (Å²) in [5.41, 5.74) is -1.94. The zero-order valence-electron chi connectivity index (χ0n) is 14.6. The van der Waals surface area contributed by atoms with Crippen LogP contribution in [0.4, 0.5) is 23.7 Å². The maximum Gasteiger partial charge on any atom is 0.416 e. The Morgan fingerprint density at radius 1 is 1.27 bits per heavy atom. The van der Waals surface area contributed by atoms with Crippen molar-refractivity contribution in [3.63, 3.8) is 0 Å². The van der Waals surface area contributed by atoms with E-state index >= 15 is 0 Å². The number of rotatable bonds is 2. The molecule has 26 heavy (non-hydrogen) atoms. The average molecular weight is 372 g/mol. The van der Waals surface area contributed by atoms with Crippen molar-refractivity contribution in [2.45, 2.75) is 39.0 Å². The number of carbonyl (C=O) groups is 1. The molecule has 0 N–H and O–H groups in total. The van der Waals surface area contributed by atoms with Crippen LogP contribution < -0.4 is 0 Å². The highest BCUT2D eigenvalue weighted by Gasteiger charge is 2.34. The third kappa shape index (κ3) is 4.74. The van der Waals surface area contributed by atoms with Crippen molar-refractivity contribution in [1.82, 2.24) is 4.90 Å². The van der Waals surface area contributed by atoms with Gasteiger partial charge in [0.2, 0.25) is 0 Å². The number of carbonyl (C=O) groups excluding carboxylic acids is 1. The molecule has 0 saturated heterocycles. The molecule has 2 rings (SSSR count). The van der Waals surface area contributed by atoms with Crippen molar-refractivity contribution in [3.05, 3.63) is 45.5 Å². The Morgan fingerprint density at radius 3 is 2.46 bits per heavy atom. The molecule has 0 radical (unpaired) electrons. The normalized spacial score (nSPS) is 15.5. The molecule has 0 atom stereocenters. The van der Waals surface area contributed by atoms with Crippen LogP contribution in [0.2, 0.25) is 0 Å². The van der Waals surface area contributed by atoms with Gasteiger partial charge in [0.25, 0.3) is 5.69 Å². The molecule has 1 heterocycles. The van der Waals surface area contributed by atoms with E-state index in [0.717, 1.165) is 12.1 Å². The highest BCUT2D eigenvalue weighted by Crippen LogP contribution is 2.36. The largest absolute Gasteiger partial charge is 0.444 e. The Bertz CT molecular complexity index is 751. The van der Waals surface area contributed by atoms with Gasteiger partial charge in [0.1, 0.15) is 5.60 Å². The van der Waals surface area contributed by atoms with E-state index in [0.29, 0.717) is 24.6 Å². The van der Waals surface area contributed by atoms with Gasteiger partial charge in [-0.25, -0.2) is 4.79 Å². The fourth-order valence-electron chi connectivity index (χ4n) is 2.55. The van der Waals surface area contributed by atoms with Crippen LogP contribution in [0.15, 0.2) is 24.3 Å². The Morgan fingerprint density at radius 2 is 1.92 bits per heavy atom. The Balaban J connectivity index is 2.32. The summed E-state index contributed by atoms with van der Waals surface area (Å²) in [5, 5.41) is 11.3. The van der Waals surface area contributed by atoms with E-state index in [1.807, 2.05) is 0 Å². The molecular weight excluding hydrogens is 353 g/mol. The number of halogens is 3. The molecular formula is C17H19F3N2O4. The molecule has 1 aliphatic heterocycles. The van der Waals surface area contributed by atoms with Crippen molar-refractivity contribution >= 4 is 17.4 Å². The van der Waals surface area contributed by atoms with E-state index in [2.05, 4.69) is 0 Å². The number of ether oxygens (including phenoxy) is 1. The van der Waals surface area contributed by atoms with E-state index in [1.54, 1.807) is 26.8 Å². The summed E-state index contributed by atoms with van der Waals surface area (Å²) in [5.74, 6) is 0. The molecule has 1 aliphatic rings. The number of hydrogen-bond donors (Lipinski definition) is 0. The number of benzene rings is 1. The summed E-state index contributed by atoms with van der Waals surface area (Å²) >= 11 is 0. The van der Waals surface area contributed by atoms with Crippen molar-refractivity contribution in [2.75, 3.05) is 13.1 Å². The SMILES string of the molecule is CC(C)(C)OC(=O)N1CCC=C(c2ccc(C(F)(F)F)cc2[N+](=O)[O-])C1. The van der Waals surface area contributed by atoms with E-state index in [4.69, 9.17) is 4.74 Å². The molecule has 0 unspecified atom stereocenters. The van der Waals surface area contributed by atoms with Crippen LogP contribution in [0, 0.1) is 10.1 Å². The maximum absolute atomic E-state index is 12.8. The second-order valence-corrected chi connectivity index (χ2v) is 6.91. The molecule has 0 spiro atoms. The molecule has 0 aliphatic carbocycles. The quantitative estimate of drug-likeness (QED) is 0.560. The third-order valence-electron chi connectivity index (χ3n) is 3.67. The minimum atomic E-state index is -4.67. The van der Waals surface area contributed by atoms with Crippen molar-refractivity contribution in [2.24, 2.45) is 0 Å². The van der Waals surface area contributed by atoms with Crippen LogP contribution in [0.5, 0.6) is 0 Å². The van der Waals surface area contributed by atoms with E-state index in [-0.39, 0.29) is 12.1 Å². The minimum absolute atomic E-state index is 0.0289. The van der Waals surface area contributed by atoms with Gasteiger partial charge >= 0.3 is 12.3 Å². The first-order valence-electron chi connectivity index (χ1n) is 7.91. The fourth-order valence-corrected chi connectivity index (χ4v) is 2.55. The lowest BCUT2D eigenvalue weighted by Gasteiger charge is -2.30. The molecule has 6 nitrogen and oxygen atoms in total. The minimum Gasteiger partial charge on any atom is -0.444 e. The van der Waals surface area contributed by atoms with Gasteiger partial charge in [-0.15, -0.1) is 0 Å². The van der Waals surface area contributed by atoms with Gasteiger partial charge in [-0.1, -0.05) is 6.08 Å². The molecule has 0 saturated carbocycles. The van der Waals surface area contributed by atoms with Crippen molar-refractivity contribution in [1.29, 1.82) is 0 Å². The highest BCUT2D eigenvalue weighted by atomic mass is 19.4. The molecule has 0 aromatic heterocycles. The van der Waals surface area contributed by atoms with Gasteiger partial charge in [0, 0.05) is 19.2 Å². The highest BCUT2D eigenvalue weighted by molar-refractivity contribution is 5.79. The van der Waals surface area contributed by atoms with Crippen molar-refractivity contribution < 1.29 is 27.6 Å². The van der Waals surface area contributed by atoms with Gasteiger partial charge < -0.3 is 9.64 Å². The van der Waals surface area contributed by atoms with Crippen LogP contribution in [0.25, 0.3) is 5.57 Å². The van der Waals surface area contributed by atoms with Gasteiger partial charge in [-0.2, -0.15) is 13.2 Å². The first kappa shape index (κ1) is 19.7. The lowest BCUT2D eigenvalue weighted by molar-refractivity contribution is -0.385. The predicted octanol–water partition coefficient (Wildman–Crippen LogP) is 4.64. The number of amides is 1. The summed E-state index contributed by atoms with van der Waals surface area (Å²) in [7, 11) is 0. The summed E-state index contributed by atoms with van der Waals surface area (Å²) in [6.07, 6.45) is -3.13. The third-order valence-corrected chi connectivity index (χ3v) is 3.67. The molecule has 0 bridgehead atoms. The molecule has 1 aromatic rings. The Labute approximate surface area is 148 Å². The monoisotopic (exact) mass is 372 g/mol. The first-order valence-corrected chi connectivity index (χ1v) is 7.91. The molecule has 1 amide bonds. The number of alkyl halides is 3. The molecule has 1 aromatic carbocycles. The smallest absolute Gasteiger partial charge is 0.416 e. The summed E-state index contributed by atoms with van der Waals surface area (Å²) in [4.78, 5) is 24.0. The Hall–Kier alpha value is -2.58. The van der Waals surface area contributed by atoms with Crippen molar-refractivity contribution in [3.8, 4) is 0 Å². The van der Waals surface area contributed by atoms with Gasteiger partial charge in [0.05, 0.1) is 16.1 Å². The predicted molar refractivity (Wildman–Crippen MR) is 88.5 cm³/mol. The van der Waals surface area contributed by atoms with E-state index in [9.17, 15) is 28.1 Å². The summed E-state index contributed by atoms with van der Waals surface area (Å²) in [6, 6.07) is 2.39. The molecule has 142 valence electrons. The van der Waals surface area contributed by atoms with E-state index < -0.39 is 34.0 Å². The second kappa shape index (κ2) is 6.97. The van der Waals surface area contributed by atoms with Crippen LogP contribution in [0.1, 0.15) is 38.3 Å². The first-order chi connectivity index (χ1) is 11.9. The second-order valence-electron chi connectivity index (χ2n) is 6.91. The molecule has 9 heteroatoms. The lowest BCUT2D eigenvalue weighted by Crippen LogP contribution is -2.39.